The molecule has 2 rings (SSSR count). The highest BCUT2D eigenvalue weighted by Crippen LogP contribution is 2.38. The highest BCUT2D eigenvalue weighted by atomic mass is 16.5. The first-order valence-corrected chi connectivity index (χ1v) is 7.17. The van der Waals surface area contributed by atoms with Crippen molar-refractivity contribution in [2.24, 2.45) is 0 Å². The van der Waals surface area contributed by atoms with Crippen LogP contribution in [-0.4, -0.2) is 63.6 Å². The van der Waals surface area contributed by atoms with Crippen molar-refractivity contribution in [3.63, 3.8) is 0 Å². The zero-order valence-electron chi connectivity index (χ0n) is 14.0. The second-order valence-electron chi connectivity index (χ2n) is 5.13. The largest absolute Gasteiger partial charge is 0.493 e. The first-order chi connectivity index (χ1) is 11.5. The lowest BCUT2D eigenvalue weighted by Gasteiger charge is -2.22. The molecule has 1 saturated heterocycles. The van der Waals surface area contributed by atoms with E-state index in [1.807, 2.05) is 0 Å². The van der Waals surface area contributed by atoms with Crippen LogP contribution in [0, 0.1) is 0 Å². The standard InChI is InChI=1S/C16H19NO7/c1-21-12-5-9(6-13(22-2)14(12)23-3)15(19)17-8-10(18)7-11(17)16(20)24-4/h5-6,11H,7-8H2,1-4H3/t11-/m0/s1. The molecule has 0 bridgehead atoms. The summed E-state index contributed by atoms with van der Waals surface area (Å²) in [4.78, 5) is 37.5. The average Bonchev–Trinajstić information content (AvgIpc) is 3.00. The molecular weight excluding hydrogens is 318 g/mol. The highest BCUT2D eigenvalue weighted by Gasteiger charge is 2.40. The van der Waals surface area contributed by atoms with Crippen LogP contribution in [-0.2, 0) is 14.3 Å². The van der Waals surface area contributed by atoms with E-state index in [0.29, 0.717) is 17.2 Å². The van der Waals surface area contributed by atoms with Crippen LogP contribution in [0.15, 0.2) is 12.1 Å². The Bertz CT molecular complexity index is 645. The number of ether oxygens (including phenoxy) is 4. The molecule has 1 heterocycles. The number of hydrogen-bond acceptors (Lipinski definition) is 7. The van der Waals surface area contributed by atoms with Gasteiger partial charge in [0.05, 0.1) is 35.0 Å². The first-order valence-electron chi connectivity index (χ1n) is 7.17. The molecule has 8 heteroatoms. The summed E-state index contributed by atoms with van der Waals surface area (Å²) in [6.07, 6.45) is -0.0527. The lowest BCUT2D eigenvalue weighted by Crippen LogP contribution is -2.41. The van der Waals surface area contributed by atoms with Gasteiger partial charge < -0.3 is 23.8 Å². The molecule has 1 aromatic carbocycles. The van der Waals surface area contributed by atoms with Crippen molar-refractivity contribution < 1.29 is 33.3 Å². The maximum absolute atomic E-state index is 12.8. The van der Waals surface area contributed by atoms with E-state index in [9.17, 15) is 14.4 Å². The van der Waals surface area contributed by atoms with Gasteiger partial charge in [0.2, 0.25) is 5.75 Å². The number of rotatable bonds is 5. The van der Waals surface area contributed by atoms with Crippen molar-refractivity contribution in [1.29, 1.82) is 0 Å². The van der Waals surface area contributed by atoms with Crippen molar-refractivity contribution in [2.75, 3.05) is 35.0 Å². The fourth-order valence-corrected chi connectivity index (χ4v) is 2.62. The average molecular weight is 337 g/mol. The van der Waals surface area contributed by atoms with Crippen LogP contribution in [0.1, 0.15) is 16.8 Å². The predicted octanol–water partition coefficient (Wildman–Crippen LogP) is 0.669. The van der Waals surface area contributed by atoms with Gasteiger partial charge in [0, 0.05) is 12.0 Å². The summed E-state index contributed by atoms with van der Waals surface area (Å²) in [5.41, 5.74) is 0.216. The molecule has 1 aromatic rings. The predicted molar refractivity (Wildman–Crippen MR) is 82.6 cm³/mol. The van der Waals surface area contributed by atoms with Crippen LogP contribution in [0.2, 0.25) is 0 Å². The summed E-state index contributed by atoms with van der Waals surface area (Å²) in [6.45, 7) is -0.144. The van der Waals surface area contributed by atoms with Crippen molar-refractivity contribution in [1.82, 2.24) is 4.90 Å². The Hall–Kier alpha value is -2.77. The van der Waals surface area contributed by atoms with E-state index in [-0.39, 0.29) is 24.3 Å². The van der Waals surface area contributed by atoms with Gasteiger partial charge in [-0.05, 0) is 12.1 Å². The first kappa shape index (κ1) is 17.6. The van der Waals surface area contributed by atoms with Gasteiger partial charge in [-0.15, -0.1) is 0 Å². The van der Waals surface area contributed by atoms with Gasteiger partial charge in [0.25, 0.3) is 5.91 Å². The normalized spacial score (nSPS) is 16.8. The molecule has 130 valence electrons. The van der Waals surface area contributed by atoms with Crippen LogP contribution < -0.4 is 14.2 Å². The zero-order valence-corrected chi connectivity index (χ0v) is 14.0. The molecule has 1 atom stereocenters. The molecule has 1 fully saturated rings. The van der Waals surface area contributed by atoms with Crippen molar-refractivity contribution >= 4 is 17.7 Å². The molecule has 0 radical (unpaired) electrons. The van der Waals surface area contributed by atoms with Gasteiger partial charge in [-0.2, -0.15) is 0 Å². The number of nitrogens with zero attached hydrogens (tertiary/aromatic N) is 1. The third-order valence-electron chi connectivity index (χ3n) is 3.79. The molecule has 1 amide bonds. The van der Waals surface area contributed by atoms with Gasteiger partial charge in [-0.3, -0.25) is 9.59 Å². The van der Waals surface area contributed by atoms with E-state index in [1.165, 1.54) is 45.5 Å². The third-order valence-corrected chi connectivity index (χ3v) is 3.79. The monoisotopic (exact) mass is 337 g/mol. The second-order valence-corrected chi connectivity index (χ2v) is 5.13. The molecule has 0 unspecified atom stereocenters. The fraction of sp³-hybridized carbons (Fsp3) is 0.438. The fourth-order valence-electron chi connectivity index (χ4n) is 2.62. The molecule has 24 heavy (non-hydrogen) atoms. The summed E-state index contributed by atoms with van der Waals surface area (Å²) in [6, 6.07) is 2.02. The SMILES string of the molecule is COC(=O)[C@@H]1CC(=O)CN1C(=O)c1cc(OC)c(OC)c(OC)c1. The number of amides is 1. The Morgan fingerprint density at radius 2 is 1.62 bits per heavy atom. The molecule has 0 N–H and O–H groups in total. The van der Waals surface area contributed by atoms with Gasteiger partial charge in [0.1, 0.15) is 6.04 Å². The topological polar surface area (TPSA) is 91.4 Å². The Morgan fingerprint density at radius 3 is 2.08 bits per heavy atom. The van der Waals surface area contributed by atoms with E-state index < -0.39 is 17.9 Å². The molecule has 0 saturated carbocycles. The Balaban J connectivity index is 2.41. The number of hydrogen-bond donors (Lipinski definition) is 0. The molecule has 0 aliphatic carbocycles. The number of esters is 1. The Morgan fingerprint density at radius 1 is 1.04 bits per heavy atom. The van der Waals surface area contributed by atoms with Crippen molar-refractivity contribution in [2.45, 2.75) is 12.5 Å². The minimum Gasteiger partial charge on any atom is -0.493 e. The number of Topliss-reactive ketones (excluding diaryl/α,β-unsaturated/α-hetero) is 1. The number of ketones is 1. The Labute approximate surface area is 139 Å². The third kappa shape index (κ3) is 3.12. The van der Waals surface area contributed by atoms with E-state index >= 15 is 0 Å². The van der Waals surface area contributed by atoms with E-state index in [4.69, 9.17) is 14.2 Å². The minimum atomic E-state index is -0.922. The highest BCUT2D eigenvalue weighted by molar-refractivity contribution is 6.03. The van der Waals surface area contributed by atoms with E-state index in [1.54, 1.807) is 0 Å². The van der Waals surface area contributed by atoms with Crippen LogP contribution in [0.25, 0.3) is 0 Å². The van der Waals surface area contributed by atoms with E-state index in [0.717, 1.165) is 0 Å². The summed E-state index contributed by atoms with van der Waals surface area (Å²) in [5, 5.41) is 0. The number of carbonyl (C=O) groups is 3. The number of carbonyl (C=O) groups excluding carboxylic acids is 3. The minimum absolute atomic E-state index is 0.0527. The Kier molecular flexibility index (Phi) is 5.28. The van der Waals surface area contributed by atoms with Gasteiger partial charge in [-0.1, -0.05) is 0 Å². The summed E-state index contributed by atoms with van der Waals surface area (Å²) < 4.78 is 20.3. The molecule has 0 aromatic heterocycles. The quantitative estimate of drug-likeness (QED) is 0.729. The van der Waals surface area contributed by atoms with Crippen LogP contribution in [0.3, 0.4) is 0 Å². The second kappa shape index (κ2) is 7.20. The van der Waals surface area contributed by atoms with E-state index in [2.05, 4.69) is 4.74 Å². The summed E-state index contributed by atoms with van der Waals surface area (Å²) in [5.74, 6) is -0.359. The van der Waals surface area contributed by atoms with Crippen LogP contribution in [0.4, 0.5) is 0 Å². The number of benzene rings is 1. The van der Waals surface area contributed by atoms with Crippen LogP contribution in [0.5, 0.6) is 17.2 Å². The molecule has 1 aliphatic rings. The maximum Gasteiger partial charge on any atom is 0.329 e. The molecule has 8 nitrogen and oxygen atoms in total. The molecule has 1 aliphatic heterocycles. The lowest BCUT2D eigenvalue weighted by molar-refractivity contribution is -0.145. The van der Waals surface area contributed by atoms with Gasteiger partial charge >= 0.3 is 5.97 Å². The van der Waals surface area contributed by atoms with Gasteiger partial charge in [-0.25, -0.2) is 4.79 Å². The lowest BCUT2D eigenvalue weighted by atomic mass is 10.1. The van der Waals surface area contributed by atoms with Gasteiger partial charge in [0.15, 0.2) is 17.3 Å². The smallest absolute Gasteiger partial charge is 0.329 e. The molecular formula is C16H19NO7. The zero-order chi connectivity index (χ0) is 17.9. The maximum atomic E-state index is 12.8. The van der Waals surface area contributed by atoms with Crippen molar-refractivity contribution in [3.8, 4) is 17.2 Å². The van der Waals surface area contributed by atoms with Crippen molar-refractivity contribution in [3.05, 3.63) is 17.7 Å². The number of likely N-dealkylation sites (tertiary alicyclic amines) is 1. The summed E-state index contributed by atoms with van der Waals surface area (Å²) in [7, 11) is 5.53. The number of methoxy groups -OCH3 is 4. The molecule has 0 spiro atoms. The summed E-state index contributed by atoms with van der Waals surface area (Å²) >= 11 is 0. The van der Waals surface area contributed by atoms with Crippen LogP contribution >= 0.6 is 0 Å².